The molecule has 0 unspecified atom stereocenters. The number of hydrogen-bond donors (Lipinski definition) is 1. The quantitative estimate of drug-likeness (QED) is 0.108. The Hall–Kier alpha value is -1.83. The minimum absolute atomic E-state index is 0.0975. The molecule has 0 aliphatic rings. The van der Waals surface area contributed by atoms with E-state index in [0.29, 0.717) is 98.1 Å². The van der Waals surface area contributed by atoms with E-state index in [2.05, 4.69) is 6.92 Å². The lowest BCUT2D eigenvalue weighted by Gasteiger charge is -2.09. The van der Waals surface area contributed by atoms with Gasteiger partial charge in [0.2, 0.25) is 0 Å². The first-order valence-corrected chi connectivity index (χ1v) is 14.3. The van der Waals surface area contributed by atoms with Gasteiger partial charge in [-0.25, -0.2) is 4.79 Å². The standard InChI is InChI=1S/C29H50O11/c1-2-3-4-5-10-32-11-12-33-13-14-34-15-16-35-17-18-36-19-20-37-21-22-38-23-24-39-25-26-40-29(31)27-6-8-28(30)9-7-27/h6-9,30H,2-5,10-26H2,1H3. The average Bonchev–Trinajstić information content (AvgIpc) is 2.96. The van der Waals surface area contributed by atoms with Crippen LogP contribution in [0, 0.1) is 0 Å². The Morgan fingerprint density at radius 3 is 1.23 bits per heavy atom. The molecule has 0 fully saturated rings. The molecule has 1 N–H and O–H groups in total. The van der Waals surface area contributed by atoms with Crippen LogP contribution in [0.15, 0.2) is 24.3 Å². The summed E-state index contributed by atoms with van der Waals surface area (Å²) in [5.74, 6) is -0.360. The highest BCUT2D eigenvalue weighted by Gasteiger charge is 2.06. The fourth-order valence-corrected chi connectivity index (χ4v) is 3.15. The highest BCUT2D eigenvalue weighted by atomic mass is 16.6. The molecule has 1 aromatic rings. The Labute approximate surface area is 239 Å². The Balaban J connectivity index is 1.67. The number of phenols is 1. The van der Waals surface area contributed by atoms with Gasteiger partial charge in [0, 0.05) is 6.61 Å². The molecule has 1 aromatic carbocycles. The van der Waals surface area contributed by atoms with Crippen molar-refractivity contribution in [2.45, 2.75) is 32.6 Å². The molecule has 11 heteroatoms. The molecule has 0 heterocycles. The van der Waals surface area contributed by atoms with Crippen molar-refractivity contribution in [3.05, 3.63) is 29.8 Å². The highest BCUT2D eigenvalue weighted by Crippen LogP contribution is 2.10. The van der Waals surface area contributed by atoms with Gasteiger partial charge in [0.25, 0.3) is 0 Å². The maximum absolute atomic E-state index is 11.8. The highest BCUT2D eigenvalue weighted by molar-refractivity contribution is 5.89. The molecule has 232 valence electrons. The van der Waals surface area contributed by atoms with Gasteiger partial charge in [-0.05, 0) is 30.7 Å². The number of unbranched alkanes of at least 4 members (excludes halogenated alkanes) is 3. The lowest BCUT2D eigenvalue weighted by molar-refractivity contribution is -0.0244. The van der Waals surface area contributed by atoms with Gasteiger partial charge < -0.3 is 47.7 Å². The van der Waals surface area contributed by atoms with E-state index < -0.39 is 5.97 Å². The Morgan fingerprint density at radius 1 is 0.500 bits per heavy atom. The van der Waals surface area contributed by atoms with Gasteiger partial charge in [-0.15, -0.1) is 0 Å². The van der Waals surface area contributed by atoms with Gasteiger partial charge in [-0.1, -0.05) is 26.2 Å². The maximum atomic E-state index is 11.8. The minimum Gasteiger partial charge on any atom is -0.508 e. The van der Waals surface area contributed by atoms with E-state index in [0.717, 1.165) is 13.0 Å². The SMILES string of the molecule is CCCCCCOCCOCCOCCOCCOCCOCCOCCOCCOC(=O)c1ccc(O)cc1. The fraction of sp³-hybridized carbons (Fsp3) is 0.759. The molecule has 0 saturated carbocycles. The van der Waals surface area contributed by atoms with Crippen LogP contribution in [0.25, 0.3) is 0 Å². The largest absolute Gasteiger partial charge is 0.508 e. The molecule has 0 radical (unpaired) electrons. The van der Waals surface area contributed by atoms with Crippen molar-refractivity contribution >= 4 is 5.97 Å². The van der Waals surface area contributed by atoms with Crippen LogP contribution in [0.2, 0.25) is 0 Å². The molecule has 11 nitrogen and oxygen atoms in total. The van der Waals surface area contributed by atoms with Crippen molar-refractivity contribution in [2.75, 3.05) is 112 Å². The number of carbonyl (C=O) groups is 1. The van der Waals surface area contributed by atoms with Crippen molar-refractivity contribution in [1.29, 1.82) is 0 Å². The third-order valence-electron chi connectivity index (χ3n) is 5.31. The van der Waals surface area contributed by atoms with Gasteiger partial charge >= 0.3 is 5.97 Å². The smallest absolute Gasteiger partial charge is 0.338 e. The second kappa shape index (κ2) is 28.7. The first-order chi connectivity index (χ1) is 19.7. The van der Waals surface area contributed by atoms with Crippen molar-refractivity contribution in [1.82, 2.24) is 0 Å². The summed E-state index contributed by atoms with van der Waals surface area (Å²) in [4.78, 5) is 11.8. The number of carbonyl (C=O) groups excluding carboxylic acids is 1. The molecular weight excluding hydrogens is 524 g/mol. The number of hydrogen-bond acceptors (Lipinski definition) is 11. The Bertz CT molecular complexity index is 672. The second-order valence-corrected chi connectivity index (χ2v) is 8.64. The number of esters is 1. The van der Waals surface area contributed by atoms with Crippen LogP contribution in [0.1, 0.15) is 43.0 Å². The molecular formula is C29H50O11. The Kier molecular flexibility index (Phi) is 26.0. The van der Waals surface area contributed by atoms with Crippen molar-refractivity contribution in [2.24, 2.45) is 0 Å². The number of benzene rings is 1. The van der Waals surface area contributed by atoms with Gasteiger partial charge in [-0.2, -0.15) is 0 Å². The zero-order valence-corrected chi connectivity index (χ0v) is 24.2. The van der Waals surface area contributed by atoms with Crippen molar-refractivity contribution in [3.63, 3.8) is 0 Å². The summed E-state index contributed by atoms with van der Waals surface area (Å²) in [6, 6.07) is 5.87. The van der Waals surface area contributed by atoms with Crippen LogP contribution in [-0.2, 0) is 42.6 Å². The molecule has 0 aliphatic heterocycles. The van der Waals surface area contributed by atoms with Crippen molar-refractivity contribution in [3.8, 4) is 5.75 Å². The zero-order valence-electron chi connectivity index (χ0n) is 24.2. The molecule has 0 aliphatic carbocycles. The normalized spacial score (nSPS) is 11.2. The first kappa shape index (κ1) is 36.2. The molecule has 0 bridgehead atoms. The van der Waals surface area contributed by atoms with E-state index in [4.69, 9.17) is 42.6 Å². The lowest BCUT2D eigenvalue weighted by atomic mass is 10.2. The molecule has 0 atom stereocenters. The molecule has 0 saturated heterocycles. The summed E-state index contributed by atoms with van der Waals surface area (Å²) >= 11 is 0. The van der Waals surface area contributed by atoms with Crippen LogP contribution < -0.4 is 0 Å². The summed E-state index contributed by atoms with van der Waals surface area (Å²) in [7, 11) is 0. The van der Waals surface area contributed by atoms with Crippen LogP contribution in [0.4, 0.5) is 0 Å². The first-order valence-electron chi connectivity index (χ1n) is 14.3. The van der Waals surface area contributed by atoms with Crippen molar-refractivity contribution < 1.29 is 52.5 Å². The summed E-state index contributed by atoms with van der Waals surface area (Å²) in [5, 5.41) is 9.22. The summed E-state index contributed by atoms with van der Waals surface area (Å²) in [5.41, 5.74) is 0.378. The number of ether oxygens (including phenoxy) is 9. The molecule has 40 heavy (non-hydrogen) atoms. The average molecular weight is 575 g/mol. The molecule has 0 aromatic heterocycles. The van der Waals surface area contributed by atoms with Gasteiger partial charge in [0.15, 0.2) is 0 Å². The zero-order chi connectivity index (χ0) is 28.8. The summed E-state index contributed by atoms with van der Waals surface area (Å²) in [6.45, 7) is 10.6. The Morgan fingerprint density at radius 2 is 0.850 bits per heavy atom. The summed E-state index contributed by atoms with van der Waals surface area (Å²) in [6.07, 6.45) is 4.88. The maximum Gasteiger partial charge on any atom is 0.338 e. The number of rotatable bonds is 30. The molecule has 1 rings (SSSR count). The predicted octanol–water partition coefficient (Wildman–Crippen LogP) is 3.26. The fourth-order valence-electron chi connectivity index (χ4n) is 3.15. The van der Waals surface area contributed by atoms with E-state index >= 15 is 0 Å². The van der Waals surface area contributed by atoms with Crippen LogP contribution in [0.5, 0.6) is 5.75 Å². The minimum atomic E-state index is -0.458. The number of phenolic OH excluding ortho intramolecular Hbond substituents is 1. The van der Waals surface area contributed by atoms with E-state index in [1.165, 1.54) is 43.5 Å². The van der Waals surface area contributed by atoms with Crippen LogP contribution in [-0.4, -0.2) is 123 Å². The third kappa shape index (κ3) is 24.0. The van der Waals surface area contributed by atoms with Gasteiger partial charge in [-0.3, -0.25) is 0 Å². The van der Waals surface area contributed by atoms with E-state index in [1.54, 1.807) is 0 Å². The lowest BCUT2D eigenvalue weighted by Crippen LogP contribution is -2.15. The topological polar surface area (TPSA) is 120 Å². The monoisotopic (exact) mass is 574 g/mol. The molecule has 0 amide bonds. The van der Waals surface area contributed by atoms with Crippen LogP contribution in [0.3, 0.4) is 0 Å². The van der Waals surface area contributed by atoms with Crippen LogP contribution >= 0.6 is 0 Å². The predicted molar refractivity (Wildman–Crippen MR) is 149 cm³/mol. The third-order valence-corrected chi connectivity index (χ3v) is 5.31. The van der Waals surface area contributed by atoms with E-state index in [-0.39, 0.29) is 19.0 Å². The second-order valence-electron chi connectivity index (χ2n) is 8.64. The van der Waals surface area contributed by atoms with E-state index in [1.807, 2.05) is 0 Å². The molecule has 0 spiro atoms. The van der Waals surface area contributed by atoms with E-state index in [9.17, 15) is 9.90 Å². The number of aromatic hydroxyl groups is 1. The van der Waals surface area contributed by atoms with Gasteiger partial charge in [0.1, 0.15) is 12.4 Å². The van der Waals surface area contributed by atoms with Gasteiger partial charge in [0.05, 0.1) is 105 Å². The summed E-state index contributed by atoms with van der Waals surface area (Å²) < 4.78 is 48.7.